The SMILES string of the molecule is COc1ccc(-c2cc(=O)oc3c(C)c(OCC(=O)NC(C(=O)O)c4ccccc4)ccc23)cc1. The van der Waals surface area contributed by atoms with Crippen LogP contribution in [0.3, 0.4) is 0 Å². The van der Waals surface area contributed by atoms with Gasteiger partial charge < -0.3 is 24.3 Å². The Kier molecular flexibility index (Phi) is 6.82. The van der Waals surface area contributed by atoms with Crippen LogP contribution in [0.1, 0.15) is 17.2 Å². The Morgan fingerprint density at radius 2 is 1.74 bits per heavy atom. The number of hydrogen-bond donors (Lipinski definition) is 2. The van der Waals surface area contributed by atoms with Gasteiger partial charge in [0.15, 0.2) is 12.6 Å². The van der Waals surface area contributed by atoms with E-state index in [0.717, 1.165) is 5.56 Å². The van der Waals surface area contributed by atoms with Crippen molar-refractivity contribution in [2.75, 3.05) is 13.7 Å². The first-order valence-corrected chi connectivity index (χ1v) is 10.8. The lowest BCUT2D eigenvalue weighted by molar-refractivity contribution is -0.142. The summed E-state index contributed by atoms with van der Waals surface area (Å²) in [5.74, 6) is -0.744. The van der Waals surface area contributed by atoms with E-state index in [4.69, 9.17) is 13.9 Å². The second kappa shape index (κ2) is 10.1. The zero-order valence-corrected chi connectivity index (χ0v) is 19.1. The minimum absolute atomic E-state index is 0.342. The Bertz CT molecular complexity index is 1430. The van der Waals surface area contributed by atoms with Crippen LogP contribution in [0.15, 0.2) is 82.0 Å². The Morgan fingerprint density at radius 3 is 2.40 bits per heavy atom. The van der Waals surface area contributed by atoms with Crippen molar-refractivity contribution in [3.05, 3.63) is 94.3 Å². The molecule has 1 heterocycles. The monoisotopic (exact) mass is 473 g/mol. The summed E-state index contributed by atoms with van der Waals surface area (Å²) in [6, 6.07) is 19.4. The Balaban J connectivity index is 1.56. The molecule has 0 spiro atoms. The summed E-state index contributed by atoms with van der Waals surface area (Å²) in [6.45, 7) is 1.31. The molecule has 3 aromatic carbocycles. The van der Waals surface area contributed by atoms with Gasteiger partial charge in [0.2, 0.25) is 0 Å². The molecule has 0 fully saturated rings. The van der Waals surface area contributed by atoms with E-state index in [1.807, 2.05) is 12.1 Å². The fourth-order valence-corrected chi connectivity index (χ4v) is 3.79. The molecule has 0 aliphatic rings. The van der Waals surface area contributed by atoms with Crippen molar-refractivity contribution in [3.63, 3.8) is 0 Å². The minimum atomic E-state index is -1.20. The zero-order valence-electron chi connectivity index (χ0n) is 19.1. The van der Waals surface area contributed by atoms with Crippen molar-refractivity contribution in [1.29, 1.82) is 0 Å². The predicted octanol–water partition coefficient (Wildman–Crippen LogP) is 4.10. The number of carboxylic acids is 1. The smallest absolute Gasteiger partial charge is 0.336 e. The first-order valence-electron chi connectivity index (χ1n) is 10.8. The van der Waals surface area contributed by atoms with Crippen LogP contribution in [-0.4, -0.2) is 30.7 Å². The number of carbonyl (C=O) groups is 2. The van der Waals surface area contributed by atoms with Gasteiger partial charge in [-0.1, -0.05) is 42.5 Å². The highest BCUT2D eigenvalue weighted by atomic mass is 16.5. The summed E-state index contributed by atoms with van der Waals surface area (Å²) >= 11 is 0. The number of aliphatic carboxylic acids is 1. The van der Waals surface area contributed by atoms with E-state index in [1.165, 1.54) is 6.07 Å². The molecule has 0 aliphatic carbocycles. The molecule has 178 valence electrons. The van der Waals surface area contributed by atoms with Gasteiger partial charge in [0.1, 0.15) is 17.1 Å². The lowest BCUT2D eigenvalue weighted by Gasteiger charge is -2.16. The van der Waals surface area contributed by atoms with Crippen molar-refractivity contribution in [1.82, 2.24) is 5.32 Å². The fraction of sp³-hybridized carbons (Fsp3) is 0.148. The van der Waals surface area contributed by atoms with E-state index in [9.17, 15) is 19.5 Å². The number of benzene rings is 3. The Hall–Kier alpha value is -4.59. The van der Waals surface area contributed by atoms with Crippen LogP contribution in [0, 0.1) is 6.92 Å². The van der Waals surface area contributed by atoms with Crippen LogP contribution in [0.2, 0.25) is 0 Å². The molecular formula is C27H23NO7. The first kappa shape index (κ1) is 23.6. The molecule has 35 heavy (non-hydrogen) atoms. The van der Waals surface area contributed by atoms with Crippen molar-refractivity contribution in [3.8, 4) is 22.6 Å². The number of fused-ring (bicyclic) bond motifs is 1. The van der Waals surface area contributed by atoms with Crippen molar-refractivity contribution in [2.24, 2.45) is 0 Å². The maximum absolute atomic E-state index is 12.4. The molecule has 4 aromatic rings. The van der Waals surface area contributed by atoms with E-state index in [2.05, 4.69) is 5.32 Å². The molecule has 0 bridgehead atoms. The third-order valence-electron chi connectivity index (χ3n) is 5.56. The molecule has 1 atom stereocenters. The van der Waals surface area contributed by atoms with Crippen LogP contribution < -0.4 is 20.4 Å². The number of carbonyl (C=O) groups excluding carboxylic acids is 1. The maximum Gasteiger partial charge on any atom is 0.336 e. The van der Waals surface area contributed by atoms with Gasteiger partial charge in [0.25, 0.3) is 5.91 Å². The number of ether oxygens (including phenoxy) is 2. The number of rotatable bonds is 8. The third kappa shape index (κ3) is 5.16. The van der Waals surface area contributed by atoms with Crippen LogP contribution in [0.5, 0.6) is 11.5 Å². The third-order valence-corrected chi connectivity index (χ3v) is 5.56. The van der Waals surface area contributed by atoms with Gasteiger partial charge in [0, 0.05) is 17.0 Å². The largest absolute Gasteiger partial charge is 0.497 e. The molecule has 0 aliphatic heterocycles. The average molecular weight is 473 g/mol. The number of aryl methyl sites for hydroxylation is 1. The molecule has 1 aromatic heterocycles. The molecule has 2 N–H and O–H groups in total. The number of hydrogen-bond acceptors (Lipinski definition) is 6. The van der Waals surface area contributed by atoms with Crippen molar-refractivity contribution >= 4 is 22.8 Å². The highest BCUT2D eigenvalue weighted by molar-refractivity contribution is 5.95. The highest BCUT2D eigenvalue weighted by Crippen LogP contribution is 2.33. The molecule has 0 saturated carbocycles. The second-order valence-corrected chi connectivity index (χ2v) is 7.81. The molecule has 4 rings (SSSR count). The van der Waals surface area contributed by atoms with Gasteiger partial charge in [-0.3, -0.25) is 4.79 Å². The zero-order chi connectivity index (χ0) is 24.9. The standard InChI is InChI=1S/C27H23NO7/c1-16-22(34-15-23(29)28-25(27(31)32)18-6-4-3-5-7-18)13-12-20-21(14-24(30)35-26(16)20)17-8-10-19(33-2)11-9-17/h3-14,25H,15H2,1-2H3,(H,28,29)(H,31,32). The molecule has 0 saturated heterocycles. The van der Waals surface area contributed by atoms with Crippen molar-refractivity contribution in [2.45, 2.75) is 13.0 Å². The van der Waals surface area contributed by atoms with Gasteiger partial charge in [-0.15, -0.1) is 0 Å². The normalized spacial score (nSPS) is 11.6. The van der Waals surface area contributed by atoms with Gasteiger partial charge in [-0.05, 0) is 47.9 Å². The van der Waals surface area contributed by atoms with E-state index in [1.54, 1.807) is 68.6 Å². The summed E-state index contributed by atoms with van der Waals surface area (Å²) in [4.78, 5) is 36.4. The summed E-state index contributed by atoms with van der Waals surface area (Å²) < 4.78 is 16.3. The summed E-state index contributed by atoms with van der Waals surface area (Å²) in [5.41, 5.74) is 2.32. The van der Waals surface area contributed by atoms with Crippen LogP contribution in [-0.2, 0) is 9.59 Å². The number of carboxylic acid groups (broad SMARTS) is 1. The molecule has 8 nitrogen and oxygen atoms in total. The lowest BCUT2D eigenvalue weighted by atomic mass is 10.00. The number of amides is 1. The van der Waals surface area contributed by atoms with Gasteiger partial charge in [0.05, 0.1) is 7.11 Å². The summed E-state index contributed by atoms with van der Waals surface area (Å²) in [7, 11) is 1.58. The summed E-state index contributed by atoms with van der Waals surface area (Å²) in [6.07, 6.45) is 0. The van der Waals surface area contributed by atoms with E-state index in [0.29, 0.717) is 39.2 Å². The quantitative estimate of drug-likeness (QED) is 0.370. The van der Waals surface area contributed by atoms with Gasteiger partial charge >= 0.3 is 11.6 Å². The average Bonchev–Trinajstić information content (AvgIpc) is 2.87. The second-order valence-electron chi connectivity index (χ2n) is 7.81. The lowest BCUT2D eigenvalue weighted by Crippen LogP contribution is -2.36. The molecule has 8 heteroatoms. The molecule has 0 radical (unpaired) electrons. The fourth-order valence-electron chi connectivity index (χ4n) is 3.79. The van der Waals surface area contributed by atoms with E-state index in [-0.39, 0.29) is 0 Å². The topological polar surface area (TPSA) is 115 Å². The maximum atomic E-state index is 12.4. The predicted molar refractivity (Wildman–Crippen MR) is 130 cm³/mol. The van der Waals surface area contributed by atoms with Crippen LogP contribution in [0.25, 0.3) is 22.1 Å². The van der Waals surface area contributed by atoms with Crippen LogP contribution >= 0.6 is 0 Å². The first-order chi connectivity index (χ1) is 16.9. The Labute approximate surface area is 200 Å². The number of nitrogens with one attached hydrogen (secondary N) is 1. The van der Waals surface area contributed by atoms with E-state index >= 15 is 0 Å². The number of methoxy groups -OCH3 is 1. The van der Waals surface area contributed by atoms with Crippen molar-refractivity contribution < 1.29 is 28.6 Å². The van der Waals surface area contributed by atoms with Gasteiger partial charge in [-0.2, -0.15) is 0 Å². The molecule has 1 unspecified atom stereocenters. The van der Waals surface area contributed by atoms with E-state index < -0.39 is 30.2 Å². The Morgan fingerprint density at radius 1 is 1.03 bits per heavy atom. The molecular weight excluding hydrogens is 450 g/mol. The molecule has 1 amide bonds. The van der Waals surface area contributed by atoms with Gasteiger partial charge in [-0.25, -0.2) is 9.59 Å². The van der Waals surface area contributed by atoms with Crippen LogP contribution in [0.4, 0.5) is 0 Å². The minimum Gasteiger partial charge on any atom is -0.497 e. The summed E-state index contributed by atoms with van der Waals surface area (Å²) in [5, 5.41) is 12.7. The highest BCUT2D eigenvalue weighted by Gasteiger charge is 2.22.